The summed E-state index contributed by atoms with van der Waals surface area (Å²) in [6, 6.07) is 20.4. The van der Waals surface area contributed by atoms with Gasteiger partial charge in [-0.1, -0.05) is 18.2 Å². The zero-order valence-electron chi connectivity index (χ0n) is 17.1. The normalized spacial score (nSPS) is 10.4. The number of methoxy groups -OCH3 is 1. The van der Waals surface area contributed by atoms with Gasteiger partial charge in [0.2, 0.25) is 5.91 Å². The molecule has 5 nitrogen and oxygen atoms in total. The standard InChI is InChI=1S/C24H23FN2O3S/c1-30-21-8-10-22(11-9-21)31-13-12-23(28)26-16-17-4-2-7-20(14-17)27-24(29)18-5-3-6-19(25)15-18/h2-11,14-15H,12-13,16H2,1H3,(H,26,28)(H,27,29). The van der Waals surface area contributed by atoms with E-state index in [9.17, 15) is 14.0 Å². The third-order valence-corrected chi connectivity index (χ3v) is 5.43. The number of amides is 2. The SMILES string of the molecule is COc1ccc(SCCC(=O)NCc2cccc(NC(=O)c3cccc(F)c3)c2)cc1. The zero-order valence-corrected chi connectivity index (χ0v) is 17.9. The average Bonchev–Trinajstić information content (AvgIpc) is 2.78. The van der Waals surface area contributed by atoms with Crippen molar-refractivity contribution in [3.05, 3.63) is 89.7 Å². The van der Waals surface area contributed by atoms with E-state index in [1.807, 2.05) is 30.3 Å². The summed E-state index contributed by atoms with van der Waals surface area (Å²) >= 11 is 1.61. The number of hydrogen-bond donors (Lipinski definition) is 2. The van der Waals surface area contributed by atoms with Gasteiger partial charge in [0.05, 0.1) is 7.11 Å². The summed E-state index contributed by atoms with van der Waals surface area (Å²) in [5.41, 5.74) is 1.68. The Morgan fingerprint density at radius 2 is 1.77 bits per heavy atom. The van der Waals surface area contributed by atoms with E-state index in [0.717, 1.165) is 16.2 Å². The van der Waals surface area contributed by atoms with Crippen molar-refractivity contribution in [1.82, 2.24) is 5.32 Å². The molecular formula is C24H23FN2O3S. The summed E-state index contributed by atoms with van der Waals surface area (Å²) in [5.74, 6) is 0.569. The maximum absolute atomic E-state index is 13.3. The van der Waals surface area contributed by atoms with E-state index in [2.05, 4.69) is 10.6 Å². The Labute approximate surface area is 185 Å². The van der Waals surface area contributed by atoms with Gasteiger partial charge in [0.15, 0.2) is 0 Å². The van der Waals surface area contributed by atoms with Gasteiger partial charge in [-0.25, -0.2) is 4.39 Å². The fraction of sp³-hybridized carbons (Fsp3) is 0.167. The molecule has 0 saturated carbocycles. The van der Waals surface area contributed by atoms with E-state index in [4.69, 9.17) is 4.74 Å². The molecule has 0 saturated heterocycles. The number of carbonyl (C=O) groups excluding carboxylic acids is 2. The summed E-state index contributed by atoms with van der Waals surface area (Å²) in [6.07, 6.45) is 0.396. The molecule has 0 radical (unpaired) electrons. The second kappa shape index (κ2) is 11.2. The lowest BCUT2D eigenvalue weighted by Crippen LogP contribution is -2.23. The van der Waals surface area contributed by atoms with Gasteiger partial charge in [0, 0.05) is 34.9 Å². The highest BCUT2D eigenvalue weighted by molar-refractivity contribution is 7.99. The van der Waals surface area contributed by atoms with Crippen LogP contribution in [0.1, 0.15) is 22.3 Å². The first kappa shape index (κ1) is 22.4. The molecule has 2 N–H and O–H groups in total. The maximum Gasteiger partial charge on any atom is 0.255 e. The minimum absolute atomic E-state index is 0.0461. The molecule has 0 aromatic heterocycles. The lowest BCUT2D eigenvalue weighted by molar-refractivity contribution is -0.120. The van der Waals surface area contributed by atoms with Gasteiger partial charge < -0.3 is 15.4 Å². The highest BCUT2D eigenvalue weighted by Gasteiger charge is 2.08. The van der Waals surface area contributed by atoms with E-state index in [0.29, 0.717) is 24.4 Å². The van der Waals surface area contributed by atoms with E-state index < -0.39 is 11.7 Å². The summed E-state index contributed by atoms with van der Waals surface area (Å²) in [5, 5.41) is 5.63. The Morgan fingerprint density at radius 1 is 1.00 bits per heavy atom. The number of ether oxygens (including phenoxy) is 1. The Balaban J connectivity index is 1.44. The van der Waals surface area contributed by atoms with E-state index in [1.54, 1.807) is 43.1 Å². The molecule has 0 aliphatic carbocycles. The highest BCUT2D eigenvalue weighted by atomic mass is 32.2. The van der Waals surface area contributed by atoms with Gasteiger partial charge in [-0.05, 0) is 60.2 Å². The molecule has 0 fully saturated rings. The number of carbonyl (C=O) groups is 2. The fourth-order valence-corrected chi connectivity index (χ4v) is 3.67. The molecule has 3 rings (SSSR count). The molecule has 3 aromatic carbocycles. The number of halogens is 1. The van der Waals surface area contributed by atoms with Crippen molar-refractivity contribution in [3.63, 3.8) is 0 Å². The van der Waals surface area contributed by atoms with Crippen LogP contribution in [0.5, 0.6) is 5.75 Å². The van der Waals surface area contributed by atoms with Crippen molar-refractivity contribution in [1.29, 1.82) is 0 Å². The van der Waals surface area contributed by atoms with Crippen LogP contribution in [0.3, 0.4) is 0 Å². The van der Waals surface area contributed by atoms with Crippen molar-refractivity contribution < 1.29 is 18.7 Å². The summed E-state index contributed by atoms with van der Waals surface area (Å²) < 4.78 is 18.4. The van der Waals surface area contributed by atoms with Crippen LogP contribution in [-0.4, -0.2) is 24.7 Å². The van der Waals surface area contributed by atoms with Crippen LogP contribution >= 0.6 is 11.8 Å². The third-order valence-electron chi connectivity index (χ3n) is 4.42. The summed E-state index contributed by atoms with van der Waals surface area (Å²) in [4.78, 5) is 25.5. The number of benzene rings is 3. The lowest BCUT2D eigenvalue weighted by atomic mass is 10.1. The van der Waals surface area contributed by atoms with Gasteiger partial charge in [0.25, 0.3) is 5.91 Å². The molecule has 2 amide bonds. The summed E-state index contributed by atoms with van der Waals surface area (Å²) in [6.45, 7) is 0.357. The molecule has 7 heteroatoms. The molecule has 3 aromatic rings. The largest absolute Gasteiger partial charge is 0.497 e. The van der Waals surface area contributed by atoms with Crippen molar-refractivity contribution in [2.45, 2.75) is 17.9 Å². The average molecular weight is 439 g/mol. The quantitative estimate of drug-likeness (QED) is 0.467. The predicted octanol–water partition coefficient (Wildman–Crippen LogP) is 4.89. The first-order chi connectivity index (χ1) is 15.0. The van der Waals surface area contributed by atoms with E-state index in [-0.39, 0.29) is 11.5 Å². The molecule has 0 bridgehead atoms. The third kappa shape index (κ3) is 7.15. The number of anilines is 1. The molecule has 0 heterocycles. The van der Waals surface area contributed by atoms with Crippen LogP contribution in [0.15, 0.2) is 77.7 Å². The Morgan fingerprint density at radius 3 is 2.52 bits per heavy atom. The van der Waals surface area contributed by atoms with E-state index >= 15 is 0 Å². The second-order valence-electron chi connectivity index (χ2n) is 6.72. The zero-order chi connectivity index (χ0) is 22.1. The van der Waals surface area contributed by atoms with Crippen molar-refractivity contribution >= 4 is 29.3 Å². The molecule has 0 atom stereocenters. The van der Waals surface area contributed by atoms with Crippen LogP contribution < -0.4 is 15.4 Å². The first-order valence-electron chi connectivity index (χ1n) is 9.73. The van der Waals surface area contributed by atoms with Gasteiger partial charge in [-0.15, -0.1) is 11.8 Å². The monoisotopic (exact) mass is 438 g/mol. The number of nitrogens with one attached hydrogen (secondary N) is 2. The number of thioether (sulfide) groups is 1. The lowest BCUT2D eigenvalue weighted by Gasteiger charge is -2.09. The van der Waals surface area contributed by atoms with Gasteiger partial charge in [-0.2, -0.15) is 0 Å². The molecule has 0 aliphatic rings. The van der Waals surface area contributed by atoms with Crippen LogP contribution in [0.25, 0.3) is 0 Å². The summed E-state index contributed by atoms with van der Waals surface area (Å²) in [7, 11) is 1.63. The molecule has 31 heavy (non-hydrogen) atoms. The smallest absolute Gasteiger partial charge is 0.255 e. The van der Waals surface area contributed by atoms with Crippen molar-refractivity contribution in [2.24, 2.45) is 0 Å². The topological polar surface area (TPSA) is 67.4 Å². The Hall–Kier alpha value is -3.32. The van der Waals surface area contributed by atoms with Crippen molar-refractivity contribution in [3.8, 4) is 5.75 Å². The minimum atomic E-state index is -0.464. The van der Waals surface area contributed by atoms with Crippen LogP contribution in [-0.2, 0) is 11.3 Å². The van der Waals surface area contributed by atoms with Crippen molar-refractivity contribution in [2.75, 3.05) is 18.2 Å². The van der Waals surface area contributed by atoms with E-state index in [1.165, 1.54) is 18.2 Å². The van der Waals surface area contributed by atoms with Gasteiger partial charge >= 0.3 is 0 Å². The fourth-order valence-electron chi connectivity index (χ4n) is 2.81. The maximum atomic E-state index is 13.3. The molecular weight excluding hydrogens is 415 g/mol. The second-order valence-corrected chi connectivity index (χ2v) is 7.88. The number of rotatable bonds is 9. The minimum Gasteiger partial charge on any atom is -0.497 e. The Bertz CT molecular complexity index is 1040. The van der Waals surface area contributed by atoms with Gasteiger partial charge in [-0.3, -0.25) is 9.59 Å². The first-order valence-corrected chi connectivity index (χ1v) is 10.7. The number of hydrogen-bond acceptors (Lipinski definition) is 4. The predicted molar refractivity (Wildman–Crippen MR) is 121 cm³/mol. The molecule has 0 spiro atoms. The van der Waals surface area contributed by atoms with Crippen LogP contribution in [0, 0.1) is 5.82 Å². The molecule has 0 aliphatic heterocycles. The Kier molecular flexibility index (Phi) is 8.06. The molecule has 160 valence electrons. The highest BCUT2D eigenvalue weighted by Crippen LogP contribution is 2.21. The molecule has 0 unspecified atom stereocenters. The van der Waals surface area contributed by atoms with Crippen LogP contribution in [0.4, 0.5) is 10.1 Å². The van der Waals surface area contributed by atoms with Gasteiger partial charge in [0.1, 0.15) is 11.6 Å². The van der Waals surface area contributed by atoms with Crippen LogP contribution in [0.2, 0.25) is 0 Å².